The topological polar surface area (TPSA) is 34.2 Å². The summed E-state index contributed by atoms with van der Waals surface area (Å²) in [6, 6.07) is 4.26. The summed E-state index contributed by atoms with van der Waals surface area (Å²) in [5, 5.41) is 3.49. The van der Waals surface area contributed by atoms with Crippen LogP contribution >= 0.6 is 0 Å². The first-order valence-electron chi connectivity index (χ1n) is 5.59. The quantitative estimate of drug-likeness (QED) is 0.801. The van der Waals surface area contributed by atoms with E-state index < -0.39 is 0 Å². The zero-order chi connectivity index (χ0) is 10.7. The van der Waals surface area contributed by atoms with Gasteiger partial charge in [0.1, 0.15) is 5.75 Å². The van der Waals surface area contributed by atoms with Gasteiger partial charge in [0.15, 0.2) is 0 Å². The standard InChI is InChI=1S/C12H18N2O/c1-3-13-11(9-6-7-9)12-10(15-2)5-4-8-14-12/h4-5,8-9,11,13H,3,6-7H2,1-2H3. The van der Waals surface area contributed by atoms with Crippen LogP contribution < -0.4 is 10.1 Å². The Kier molecular flexibility index (Phi) is 3.21. The Balaban J connectivity index is 2.23. The van der Waals surface area contributed by atoms with Crippen molar-refractivity contribution in [3.8, 4) is 5.75 Å². The molecule has 1 aromatic heterocycles. The van der Waals surface area contributed by atoms with Crippen molar-refractivity contribution in [3.05, 3.63) is 24.0 Å². The third-order valence-corrected chi connectivity index (χ3v) is 2.83. The predicted molar refractivity (Wildman–Crippen MR) is 59.9 cm³/mol. The number of rotatable bonds is 5. The van der Waals surface area contributed by atoms with Crippen molar-refractivity contribution in [3.63, 3.8) is 0 Å². The lowest BCUT2D eigenvalue weighted by molar-refractivity contribution is 0.386. The Bertz CT molecular complexity index is 323. The number of methoxy groups -OCH3 is 1. The van der Waals surface area contributed by atoms with Gasteiger partial charge < -0.3 is 10.1 Å². The van der Waals surface area contributed by atoms with E-state index in [0.29, 0.717) is 6.04 Å². The second-order valence-electron chi connectivity index (χ2n) is 3.96. The average molecular weight is 206 g/mol. The summed E-state index contributed by atoms with van der Waals surface area (Å²) in [5.74, 6) is 1.64. The summed E-state index contributed by atoms with van der Waals surface area (Å²) >= 11 is 0. The highest BCUT2D eigenvalue weighted by Crippen LogP contribution is 2.42. The highest BCUT2D eigenvalue weighted by atomic mass is 16.5. The lowest BCUT2D eigenvalue weighted by Gasteiger charge is -2.18. The molecule has 1 atom stereocenters. The number of pyridine rings is 1. The van der Waals surface area contributed by atoms with Crippen molar-refractivity contribution in [2.75, 3.05) is 13.7 Å². The monoisotopic (exact) mass is 206 g/mol. The van der Waals surface area contributed by atoms with Gasteiger partial charge in [-0.05, 0) is 37.4 Å². The maximum absolute atomic E-state index is 5.35. The van der Waals surface area contributed by atoms with Crippen molar-refractivity contribution < 1.29 is 4.74 Å². The first-order valence-corrected chi connectivity index (χ1v) is 5.59. The highest BCUT2D eigenvalue weighted by molar-refractivity contribution is 5.30. The summed E-state index contributed by atoms with van der Waals surface area (Å²) < 4.78 is 5.35. The minimum absolute atomic E-state index is 0.367. The zero-order valence-corrected chi connectivity index (χ0v) is 9.36. The molecule has 3 nitrogen and oxygen atoms in total. The molecule has 3 heteroatoms. The van der Waals surface area contributed by atoms with Crippen LogP contribution in [0.5, 0.6) is 5.75 Å². The van der Waals surface area contributed by atoms with E-state index in [9.17, 15) is 0 Å². The van der Waals surface area contributed by atoms with Gasteiger partial charge in [-0.25, -0.2) is 0 Å². The van der Waals surface area contributed by atoms with Crippen LogP contribution in [0.4, 0.5) is 0 Å². The second kappa shape index (κ2) is 4.62. The predicted octanol–water partition coefficient (Wildman–Crippen LogP) is 2.15. The first-order chi connectivity index (χ1) is 7.36. The smallest absolute Gasteiger partial charge is 0.141 e. The van der Waals surface area contributed by atoms with Gasteiger partial charge >= 0.3 is 0 Å². The van der Waals surface area contributed by atoms with Crippen LogP contribution in [-0.4, -0.2) is 18.6 Å². The molecule has 2 rings (SSSR count). The average Bonchev–Trinajstić information content (AvgIpc) is 3.10. The lowest BCUT2D eigenvalue weighted by Crippen LogP contribution is -2.24. The van der Waals surface area contributed by atoms with Crippen molar-refractivity contribution in [1.82, 2.24) is 10.3 Å². The lowest BCUT2D eigenvalue weighted by atomic mass is 10.1. The summed E-state index contributed by atoms with van der Waals surface area (Å²) in [6.07, 6.45) is 4.44. The van der Waals surface area contributed by atoms with Crippen LogP contribution in [0.25, 0.3) is 0 Å². The number of ether oxygens (including phenoxy) is 1. The summed E-state index contributed by atoms with van der Waals surface area (Å²) in [7, 11) is 1.70. The second-order valence-corrected chi connectivity index (χ2v) is 3.96. The van der Waals surface area contributed by atoms with Gasteiger partial charge in [-0.15, -0.1) is 0 Å². The molecule has 1 aromatic rings. The van der Waals surface area contributed by atoms with Gasteiger partial charge in [0, 0.05) is 6.20 Å². The van der Waals surface area contributed by atoms with Crippen LogP contribution in [0.3, 0.4) is 0 Å². The molecular formula is C12H18N2O. The molecule has 1 aliphatic rings. The Labute approximate surface area is 90.9 Å². The Hall–Kier alpha value is -1.09. The fourth-order valence-corrected chi connectivity index (χ4v) is 1.95. The van der Waals surface area contributed by atoms with Crippen LogP contribution in [0, 0.1) is 5.92 Å². The molecule has 1 aliphatic carbocycles. The van der Waals surface area contributed by atoms with E-state index in [-0.39, 0.29) is 0 Å². The first kappa shape index (κ1) is 10.4. The Morgan fingerprint density at radius 3 is 3.00 bits per heavy atom. The van der Waals surface area contributed by atoms with Crippen LogP contribution in [-0.2, 0) is 0 Å². The fraction of sp³-hybridized carbons (Fsp3) is 0.583. The zero-order valence-electron chi connectivity index (χ0n) is 9.36. The Morgan fingerprint density at radius 2 is 2.40 bits per heavy atom. The van der Waals surface area contributed by atoms with Gasteiger partial charge in [0.25, 0.3) is 0 Å². The number of hydrogen-bond donors (Lipinski definition) is 1. The number of nitrogens with one attached hydrogen (secondary N) is 1. The maximum Gasteiger partial charge on any atom is 0.141 e. The van der Waals surface area contributed by atoms with E-state index in [1.165, 1.54) is 12.8 Å². The van der Waals surface area contributed by atoms with E-state index in [1.54, 1.807) is 7.11 Å². The van der Waals surface area contributed by atoms with Gasteiger partial charge in [0.05, 0.1) is 18.8 Å². The van der Waals surface area contributed by atoms with Crippen LogP contribution in [0.15, 0.2) is 18.3 Å². The SMILES string of the molecule is CCNC(c1ncccc1OC)C1CC1. The Morgan fingerprint density at radius 1 is 1.60 bits per heavy atom. The number of hydrogen-bond acceptors (Lipinski definition) is 3. The van der Waals surface area contributed by atoms with Crippen molar-refractivity contribution >= 4 is 0 Å². The van der Waals surface area contributed by atoms with E-state index in [0.717, 1.165) is 23.9 Å². The molecule has 0 aliphatic heterocycles. The molecule has 1 saturated carbocycles. The summed E-state index contributed by atoms with van der Waals surface area (Å²) in [5.41, 5.74) is 1.06. The molecule has 0 spiro atoms. The molecule has 1 fully saturated rings. The molecule has 0 aromatic carbocycles. The van der Waals surface area contributed by atoms with E-state index in [1.807, 2.05) is 18.3 Å². The van der Waals surface area contributed by atoms with Crippen LogP contribution in [0.2, 0.25) is 0 Å². The molecule has 1 unspecified atom stereocenters. The van der Waals surface area contributed by atoms with Gasteiger partial charge in [0.2, 0.25) is 0 Å². The number of nitrogens with zero attached hydrogens (tertiary/aromatic N) is 1. The number of aromatic nitrogens is 1. The molecule has 0 saturated heterocycles. The van der Waals surface area contributed by atoms with Gasteiger partial charge in [-0.3, -0.25) is 4.98 Å². The van der Waals surface area contributed by atoms with E-state index >= 15 is 0 Å². The van der Waals surface area contributed by atoms with Gasteiger partial charge in [-0.1, -0.05) is 6.92 Å². The van der Waals surface area contributed by atoms with Crippen LogP contribution in [0.1, 0.15) is 31.5 Å². The third-order valence-electron chi connectivity index (χ3n) is 2.83. The maximum atomic E-state index is 5.35. The van der Waals surface area contributed by atoms with Crippen molar-refractivity contribution in [2.24, 2.45) is 5.92 Å². The normalized spacial score (nSPS) is 17.5. The molecule has 0 amide bonds. The molecule has 0 bridgehead atoms. The van der Waals surface area contributed by atoms with Gasteiger partial charge in [-0.2, -0.15) is 0 Å². The highest BCUT2D eigenvalue weighted by Gasteiger charge is 2.34. The van der Waals surface area contributed by atoms with E-state index in [4.69, 9.17) is 4.74 Å². The summed E-state index contributed by atoms with van der Waals surface area (Å²) in [4.78, 5) is 4.44. The van der Waals surface area contributed by atoms with E-state index in [2.05, 4.69) is 17.2 Å². The largest absolute Gasteiger partial charge is 0.495 e. The third kappa shape index (κ3) is 2.29. The fourth-order valence-electron chi connectivity index (χ4n) is 1.95. The summed E-state index contributed by atoms with van der Waals surface area (Å²) in [6.45, 7) is 3.10. The molecule has 15 heavy (non-hydrogen) atoms. The minimum Gasteiger partial charge on any atom is -0.495 e. The van der Waals surface area contributed by atoms with Crippen molar-refractivity contribution in [1.29, 1.82) is 0 Å². The molecule has 0 radical (unpaired) electrons. The van der Waals surface area contributed by atoms with Crippen molar-refractivity contribution in [2.45, 2.75) is 25.8 Å². The minimum atomic E-state index is 0.367. The molecule has 1 N–H and O–H groups in total. The molecule has 1 heterocycles. The molecule has 82 valence electrons. The molecular weight excluding hydrogens is 188 g/mol.